The van der Waals surface area contributed by atoms with Gasteiger partial charge in [-0.15, -0.1) is 0 Å². The standard InChI is InChI=1S/C26H25FO2/c1-2-28-22-13-11-21(12-14-22)26(17-18-26)16-6-7-20-10-15-24(27)25(19-20)29-23-8-4-3-5-9-23/h3-6,8-16,19H,2,7,17-18H2,1H3. The topological polar surface area (TPSA) is 18.5 Å². The fraction of sp³-hybridized carbons (Fsp3) is 0.231. The summed E-state index contributed by atoms with van der Waals surface area (Å²) in [4.78, 5) is 0. The monoisotopic (exact) mass is 388 g/mol. The van der Waals surface area contributed by atoms with Crippen molar-refractivity contribution in [3.8, 4) is 17.2 Å². The van der Waals surface area contributed by atoms with E-state index in [0.29, 0.717) is 12.4 Å². The number of allylic oxidation sites excluding steroid dienone is 2. The normalized spacial score (nSPS) is 14.7. The molecule has 0 atom stereocenters. The van der Waals surface area contributed by atoms with Crippen molar-refractivity contribution in [3.05, 3.63) is 102 Å². The Balaban J connectivity index is 1.43. The summed E-state index contributed by atoms with van der Waals surface area (Å²) in [5.74, 6) is 1.45. The van der Waals surface area contributed by atoms with Crippen LogP contribution in [0, 0.1) is 5.82 Å². The van der Waals surface area contributed by atoms with Gasteiger partial charge < -0.3 is 9.47 Å². The van der Waals surface area contributed by atoms with Gasteiger partial charge in [0.1, 0.15) is 11.5 Å². The van der Waals surface area contributed by atoms with E-state index in [9.17, 15) is 4.39 Å². The van der Waals surface area contributed by atoms with Gasteiger partial charge in [-0.2, -0.15) is 0 Å². The molecule has 0 bridgehead atoms. The molecule has 0 spiro atoms. The molecule has 4 rings (SSSR count). The molecule has 0 radical (unpaired) electrons. The van der Waals surface area contributed by atoms with Gasteiger partial charge in [-0.05, 0) is 73.7 Å². The second-order valence-electron chi connectivity index (χ2n) is 7.40. The minimum Gasteiger partial charge on any atom is -0.494 e. The molecular weight excluding hydrogens is 363 g/mol. The SMILES string of the molecule is CCOc1ccc(C2(C=CCc3ccc(F)c(Oc4ccccc4)c3)CC2)cc1. The number of hydrogen-bond donors (Lipinski definition) is 0. The Morgan fingerprint density at radius 1 is 0.931 bits per heavy atom. The zero-order chi connectivity index (χ0) is 20.1. The maximum atomic E-state index is 14.1. The number of halogens is 1. The number of para-hydroxylation sites is 1. The van der Waals surface area contributed by atoms with Crippen LogP contribution in [0.15, 0.2) is 84.9 Å². The first-order valence-corrected chi connectivity index (χ1v) is 10.1. The first-order valence-electron chi connectivity index (χ1n) is 10.1. The molecule has 29 heavy (non-hydrogen) atoms. The second kappa shape index (κ2) is 8.52. The highest BCUT2D eigenvalue weighted by molar-refractivity contribution is 5.41. The van der Waals surface area contributed by atoms with Crippen molar-refractivity contribution >= 4 is 0 Å². The summed E-state index contributed by atoms with van der Waals surface area (Å²) >= 11 is 0. The molecular formula is C26H25FO2. The molecule has 3 aromatic carbocycles. The average molecular weight is 388 g/mol. The number of hydrogen-bond acceptors (Lipinski definition) is 2. The third kappa shape index (κ3) is 4.68. The van der Waals surface area contributed by atoms with E-state index in [-0.39, 0.29) is 17.0 Å². The van der Waals surface area contributed by atoms with Gasteiger partial charge in [-0.1, -0.05) is 48.6 Å². The molecule has 0 N–H and O–H groups in total. The van der Waals surface area contributed by atoms with E-state index in [1.807, 2.05) is 55.5 Å². The second-order valence-corrected chi connectivity index (χ2v) is 7.40. The van der Waals surface area contributed by atoms with E-state index in [0.717, 1.165) is 30.6 Å². The van der Waals surface area contributed by atoms with Crippen LogP contribution in [0.5, 0.6) is 17.2 Å². The Morgan fingerprint density at radius 3 is 2.38 bits per heavy atom. The molecule has 1 fully saturated rings. The Labute approximate surface area is 171 Å². The van der Waals surface area contributed by atoms with Gasteiger partial charge in [0, 0.05) is 5.41 Å². The van der Waals surface area contributed by atoms with Crippen LogP contribution < -0.4 is 9.47 Å². The minimum absolute atomic E-state index is 0.133. The van der Waals surface area contributed by atoms with Gasteiger partial charge in [0.2, 0.25) is 0 Å². The fourth-order valence-electron chi connectivity index (χ4n) is 3.53. The van der Waals surface area contributed by atoms with Crippen molar-refractivity contribution in [1.29, 1.82) is 0 Å². The van der Waals surface area contributed by atoms with Crippen molar-refractivity contribution in [3.63, 3.8) is 0 Å². The zero-order valence-corrected chi connectivity index (χ0v) is 16.6. The van der Waals surface area contributed by atoms with Crippen molar-refractivity contribution in [2.45, 2.75) is 31.6 Å². The quantitative estimate of drug-likeness (QED) is 0.393. The summed E-state index contributed by atoms with van der Waals surface area (Å²) < 4.78 is 25.4. The van der Waals surface area contributed by atoms with Crippen LogP contribution in [-0.4, -0.2) is 6.61 Å². The fourth-order valence-corrected chi connectivity index (χ4v) is 3.53. The molecule has 1 aliphatic carbocycles. The van der Waals surface area contributed by atoms with Gasteiger partial charge in [0.15, 0.2) is 11.6 Å². The molecule has 1 aliphatic rings. The highest BCUT2D eigenvalue weighted by atomic mass is 19.1. The van der Waals surface area contributed by atoms with Crippen molar-refractivity contribution in [2.75, 3.05) is 6.61 Å². The highest BCUT2D eigenvalue weighted by Gasteiger charge is 2.41. The van der Waals surface area contributed by atoms with Crippen LogP contribution in [0.1, 0.15) is 30.9 Å². The first kappa shape index (κ1) is 19.3. The van der Waals surface area contributed by atoms with Gasteiger partial charge in [0.05, 0.1) is 6.61 Å². The van der Waals surface area contributed by atoms with Crippen LogP contribution in [0.3, 0.4) is 0 Å². The van der Waals surface area contributed by atoms with E-state index in [1.54, 1.807) is 6.07 Å². The molecule has 0 saturated heterocycles. The molecule has 148 valence electrons. The van der Waals surface area contributed by atoms with Crippen LogP contribution in [0.2, 0.25) is 0 Å². The summed E-state index contributed by atoms with van der Waals surface area (Å²) in [6.45, 7) is 2.67. The lowest BCUT2D eigenvalue weighted by molar-refractivity contribution is 0.340. The third-order valence-corrected chi connectivity index (χ3v) is 5.29. The molecule has 2 nitrogen and oxygen atoms in total. The third-order valence-electron chi connectivity index (χ3n) is 5.29. The Morgan fingerprint density at radius 2 is 1.69 bits per heavy atom. The van der Waals surface area contributed by atoms with Gasteiger partial charge >= 0.3 is 0 Å². The highest BCUT2D eigenvalue weighted by Crippen LogP contribution is 2.49. The average Bonchev–Trinajstić information content (AvgIpc) is 3.53. The molecule has 3 heteroatoms. The van der Waals surface area contributed by atoms with E-state index in [1.165, 1.54) is 11.6 Å². The first-order chi connectivity index (χ1) is 14.2. The zero-order valence-electron chi connectivity index (χ0n) is 16.6. The van der Waals surface area contributed by atoms with E-state index >= 15 is 0 Å². The Kier molecular flexibility index (Phi) is 5.66. The van der Waals surface area contributed by atoms with Gasteiger partial charge in [-0.25, -0.2) is 4.39 Å². The maximum absolute atomic E-state index is 14.1. The maximum Gasteiger partial charge on any atom is 0.165 e. The molecule has 3 aromatic rings. The Bertz CT molecular complexity index is 973. The molecule has 1 saturated carbocycles. The van der Waals surface area contributed by atoms with Crippen LogP contribution in [0.25, 0.3) is 0 Å². The van der Waals surface area contributed by atoms with Crippen molar-refractivity contribution in [2.24, 2.45) is 0 Å². The molecule has 0 heterocycles. The molecule has 0 amide bonds. The summed E-state index contributed by atoms with van der Waals surface area (Å²) in [7, 11) is 0. The minimum atomic E-state index is -0.352. The van der Waals surface area contributed by atoms with Crippen molar-refractivity contribution in [1.82, 2.24) is 0 Å². The van der Waals surface area contributed by atoms with Crippen LogP contribution in [-0.2, 0) is 11.8 Å². The summed E-state index contributed by atoms with van der Waals surface area (Å²) in [6.07, 6.45) is 7.53. The lowest BCUT2D eigenvalue weighted by Gasteiger charge is -2.12. The predicted octanol–water partition coefficient (Wildman–Crippen LogP) is 6.85. The van der Waals surface area contributed by atoms with E-state index in [4.69, 9.17) is 9.47 Å². The number of rotatable bonds is 8. The smallest absolute Gasteiger partial charge is 0.165 e. The molecule has 0 aliphatic heterocycles. The lowest BCUT2D eigenvalue weighted by atomic mass is 9.94. The summed E-state index contributed by atoms with van der Waals surface area (Å²) in [6, 6.07) is 22.8. The number of benzene rings is 3. The largest absolute Gasteiger partial charge is 0.494 e. The summed E-state index contributed by atoms with van der Waals surface area (Å²) in [5, 5.41) is 0. The van der Waals surface area contributed by atoms with E-state index < -0.39 is 0 Å². The van der Waals surface area contributed by atoms with Crippen LogP contribution in [0.4, 0.5) is 4.39 Å². The van der Waals surface area contributed by atoms with Crippen molar-refractivity contribution < 1.29 is 13.9 Å². The van der Waals surface area contributed by atoms with Crippen LogP contribution >= 0.6 is 0 Å². The van der Waals surface area contributed by atoms with E-state index in [2.05, 4.69) is 24.3 Å². The Hall–Kier alpha value is -3.07. The summed E-state index contributed by atoms with van der Waals surface area (Å²) in [5.41, 5.74) is 2.48. The lowest BCUT2D eigenvalue weighted by Crippen LogP contribution is -2.02. The van der Waals surface area contributed by atoms with Gasteiger partial charge in [0.25, 0.3) is 0 Å². The van der Waals surface area contributed by atoms with Gasteiger partial charge in [-0.3, -0.25) is 0 Å². The molecule has 0 aromatic heterocycles. The molecule has 0 unspecified atom stereocenters. The predicted molar refractivity (Wildman–Crippen MR) is 114 cm³/mol. The number of ether oxygens (including phenoxy) is 2.